The van der Waals surface area contributed by atoms with E-state index in [0.717, 1.165) is 42.8 Å². The van der Waals surface area contributed by atoms with E-state index in [1.165, 1.54) is 0 Å². The molecule has 0 aliphatic carbocycles. The van der Waals surface area contributed by atoms with Gasteiger partial charge in [0.1, 0.15) is 0 Å². The molecule has 1 aromatic heterocycles. The van der Waals surface area contributed by atoms with Crippen LogP contribution in [0.3, 0.4) is 0 Å². The summed E-state index contributed by atoms with van der Waals surface area (Å²) in [7, 11) is 0. The topological polar surface area (TPSA) is 70.5 Å². The number of rotatable bonds is 4. The van der Waals surface area contributed by atoms with Crippen LogP contribution in [0.4, 0.5) is 0 Å². The Hall–Kier alpha value is -2.69. The number of pyridine rings is 1. The fourth-order valence-corrected chi connectivity index (χ4v) is 3.49. The lowest BCUT2D eigenvalue weighted by atomic mass is 9.95. The van der Waals surface area contributed by atoms with E-state index in [0.29, 0.717) is 5.92 Å². The Morgan fingerprint density at radius 2 is 1.85 bits per heavy atom. The second-order valence-corrected chi connectivity index (χ2v) is 8.29. The van der Waals surface area contributed by atoms with Gasteiger partial charge in [-0.25, -0.2) is 4.79 Å². The van der Waals surface area contributed by atoms with Crippen LogP contribution in [0.5, 0.6) is 0 Å². The molecule has 1 saturated heterocycles. The molecule has 0 saturated carbocycles. The molecule has 1 N–H and O–H groups in total. The van der Waals surface area contributed by atoms with Crippen molar-refractivity contribution in [2.75, 3.05) is 13.1 Å². The van der Waals surface area contributed by atoms with E-state index in [9.17, 15) is 9.59 Å². The van der Waals surface area contributed by atoms with E-state index in [1.54, 1.807) is 24.3 Å². The Kier molecular flexibility index (Phi) is 5.31. The molecule has 1 aliphatic rings. The molecule has 1 amide bonds. The third kappa shape index (κ3) is 4.54. The highest BCUT2D eigenvalue weighted by molar-refractivity contribution is 5.88. The third-order valence-corrected chi connectivity index (χ3v) is 4.99. The first-order chi connectivity index (χ1) is 12.7. The first kappa shape index (κ1) is 19.1. The number of aromatic carboxylic acids is 1. The number of hydrogen-bond donors (Lipinski definition) is 1. The monoisotopic (exact) mass is 366 g/mol. The van der Waals surface area contributed by atoms with Gasteiger partial charge >= 0.3 is 5.97 Å². The summed E-state index contributed by atoms with van der Waals surface area (Å²) in [6.07, 6.45) is 3.83. The number of carbonyl (C=O) groups excluding carboxylic acids is 1. The first-order valence-electron chi connectivity index (χ1n) is 9.32. The molecule has 0 spiro atoms. The van der Waals surface area contributed by atoms with Gasteiger partial charge in [-0.3, -0.25) is 9.78 Å². The van der Waals surface area contributed by atoms with Crippen molar-refractivity contribution in [2.45, 2.75) is 33.6 Å². The SMILES string of the molecule is CC(C)(C)C(=O)N1CC[C@@H](Cc2ccc(-c3ccc(C(=O)O)cc3)nc2)C1. The van der Waals surface area contributed by atoms with E-state index in [-0.39, 0.29) is 16.9 Å². The van der Waals surface area contributed by atoms with Crippen LogP contribution in [0, 0.1) is 11.3 Å². The van der Waals surface area contributed by atoms with Gasteiger partial charge in [-0.1, -0.05) is 39.0 Å². The number of carbonyl (C=O) groups is 2. The van der Waals surface area contributed by atoms with Gasteiger partial charge in [0, 0.05) is 30.3 Å². The van der Waals surface area contributed by atoms with Crippen molar-refractivity contribution in [3.05, 3.63) is 53.7 Å². The van der Waals surface area contributed by atoms with E-state index in [1.807, 2.05) is 37.9 Å². The molecule has 1 fully saturated rings. The van der Waals surface area contributed by atoms with Gasteiger partial charge in [-0.2, -0.15) is 0 Å². The second-order valence-electron chi connectivity index (χ2n) is 8.29. The first-order valence-corrected chi connectivity index (χ1v) is 9.32. The molecule has 5 nitrogen and oxygen atoms in total. The molecule has 2 heterocycles. The Morgan fingerprint density at radius 1 is 1.15 bits per heavy atom. The van der Waals surface area contributed by atoms with Crippen LogP contribution in [0.15, 0.2) is 42.6 Å². The van der Waals surface area contributed by atoms with Gasteiger partial charge in [0.05, 0.1) is 11.3 Å². The van der Waals surface area contributed by atoms with Crippen molar-refractivity contribution < 1.29 is 14.7 Å². The minimum absolute atomic E-state index is 0.225. The molecular weight excluding hydrogens is 340 g/mol. The lowest BCUT2D eigenvalue weighted by Crippen LogP contribution is -2.38. The normalized spacial score (nSPS) is 17.1. The molecule has 27 heavy (non-hydrogen) atoms. The van der Waals surface area contributed by atoms with E-state index in [2.05, 4.69) is 11.1 Å². The predicted molar refractivity (Wildman–Crippen MR) is 104 cm³/mol. The van der Waals surface area contributed by atoms with Crippen LogP contribution in [0.2, 0.25) is 0 Å². The maximum atomic E-state index is 12.4. The molecule has 2 aromatic rings. The number of nitrogens with zero attached hydrogens (tertiary/aromatic N) is 2. The van der Waals surface area contributed by atoms with Crippen molar-refractivity contribution in [3.8, 4) is 11.3 Å². The average Bonchev–Trinajstić information content (AvgIpc) is 3.09. The largest absolute Gasteiger partial charge is 0.478 e. The number of carboxylic acid groups (broad SMARTS) is 1. The van der Waals surface area contributed by atoms with Crippen molar-refractivity contribution in [2.24, 2.45) is 11.3 Å². The number of benzene rings is 1. The molecule has 3 rings (SSSR count). The smallest absolute Gasteiger partial charge is 0.335 e. The van der Waals surface area contributed by atoms with Crippen molar-refractivity contribution in [1.82, 2.24) is 9.88 Å². The summed E-state index contributed by atoms with van der Waals surface area (Å²) in [5, 5.41) is 8.98. The maximum Gasteiger partial charge on any atom is 0.335 e. The van der Waals surface area contributed by atoms with Gasteiger partial charge in [-0.15, -0.1) is 0 Å². The molecule has 0 bridgehead atoms. The third-order valence-electron chi connectivity index (χ3n) is 4.99. The van der Waals surface area contributed by atoms with Crippen molar-refractivity contribution >= 4 is 11.9 Å². The Balaban J connectivity index is 1.61. The number of hydrogen-bond acceptors (Lipinski definition) is 3. The Labute approximate surface area is 160 Å². The minimum Gasteiger partial charge on any atom is -0.478 e. The number of likely N-dealkylation sites (tertiary alicyclic amines) is 1. The van der Waals surface area contributed by atoms with E-state index < -0.39 is 5.97 Å². The standard InChI is InChI=1S/C22H26N2O3/c1-22(2,3)21(27)24-11-10-16(14-24)12-15-4-9-19(23-13-15)17-5-7-18(8-6-17)20(25)26/h4-9,13,16H,10-12,14H2,1-3H3,(H,25,26)/t16-/m0/s1. The van der Waals surface area contributed by atoms with Gasteiger partial charge in [0.15, 0.2) is 0 Å². The van der Waals surface area contributed by atoms with Crippen LogP contribution < -0.4 is 0 Å². The molecule has 5 heteroatoms. The minimum atomic E-state index is -0.930. The van der Waals surface area contributed by atoms with Crippen LogP contribution in [-0.2, 0) is 11.2 Å². The highest BCUT2D eigenvalue weighted by Crippen LogP contribution is 2.26. The quantitative estimate of drug-likeness (QED) is 0.891. The van der Waals surface area contributed by atoms with E-state index >= 15 is 0 Å². The maximum absolute atomic E-state index is 12.4. The Bertz CT molecular complexity index is 820. The average molecular weight is 366 g/mol. The molecule has 1 aromatic carbocycles. The van der Waals surface area contributed by atoms with E-state index in [4.69, 9.17) is 5.11 Å². The fourth-order valence-electron chi connectivity index (χ4n) is 3.49. The Morgan fingerprint density at radius 3 is 2.41 bits per heavy atom. The van der Waals surface area contributed by atoms with Gasteiger partial charge < -0.3 is 10.0 Å². The summed E-state index contributed by atoms with van der Waals surface area (Å²) in [4.78, 5) is 29.9. The lowest BCUT2D eigenvalue weighted by molar-refractivity contribution is -0.138. The predicted octanol–water partition coefficient (Wildman–Crippen LogP) is 3.88. The number of carboxylic acids is 1. The van der Waals surface area contributed by atoms with Gasteiger partial charge in [0.2, 0.25) is 5.91 Å². The van der Waals surface area contributed by atoms with Gasteiger partial charge in [0.25, 0.3) is 0 Å². The highest BCUT2D eigenvalue weighted by Gasteiger charge is 2.32. The summed E-state index contributed by atoms with van der Waals surface area (Å²) >= 11 is 0. The van der Waals surface area contributed by atoms with Crippen LogP contribution in [0.25, 0.3) is 11.3 Å². The zero-order valence-corrected chi connectivity index (χ0v) is 16.1. The molecule has 0 unspecified atom stereocenters. The van der Waals surface area contributed by atoms with Gasteiger partial charge in [-0.05, 0) is 42.5 Å². The summed E-state index contributed by atoms with van der Waals surface area (Å²) in [6, 6.07) is 10.8. The van der Waals surface area contributed by atoms with Crippen LogP contribution >= 0.6 is 0 Å². The van der Waals surface area contributed by atoms with Crippen molar-refractivity contribution in [1.29, 1.82) is 0 Å². The molecular formula is C22H26N2O3. The molecule has 1 aliphatic heterocycles. The zero-order chi connectivity index (χ0) is 19.6. The summed E-state index contributed by atoms with van der Waals surface area (Å²) in [6.45, 7) is 7.55. The highest BCUT2D eigenvalue weighted by atomic mass is 16.4. The zero-order valence-electron chi connectivity index (χ0n) is 16.1. The van der Waals surface area contributed by atoms with Crippen LogP contribution in [-0.4, -0.2) is 40.0 Å². The summed E-state index contributed by atoms with van der Waals surface area (Å²) < 4.78 is 0. The summed E-state index contributed by atoms with van der Waals surface area (Å²) in [5.74, 6) is -0.234. The second kappa shape index (κ2) is 7.51. The molecule has 142 valence electrons. The number of aromatic nitrogens is 1. The lowest BCUT2D eigenvalue weighted by Gasteiger charge is -2.25. The van der Waals surface area contributed by atoms with Crippen molar-refractivity contribution in [3.63, 3.8) is 0 Å². The molecule has 1 atom stereocenters. The molecule has 0 radical (unpaired) electrons. The fraction of sp³-hybridized carbons (Fsp3) is 0.409. The number of amides is 1. The van der Waals surface area contributed by atoms with Crippen LogP contribution in [0.1, 0.15) is 43.1 Å². The summed E-state index contributed by atoms with van der Waals surface area (Å²) in [5.41, 5.74) is 2.83.